The minimum Gasteiger partial charge on any atom is -0.507 e. The Hall–Kier alpha value is -3.52. The van der Waals surface area contributed by atoms with Crippen LogP contribution in [-0.2, 0) is 20.8 Å². The predicted molar refractivity (Wildman–Crippen MR) is 123 cm³/mol. The van der Waals surface area contributed by atoms with Gasteiger partial charge in [0.15, 0.2) is 0 Å². The average molecular weight is 453 g/mol. The molecular weight excluding hydrogens is 424 g/mol. The molecule has 174 valence electrons. The zero-order valence-electron chi connectivity index (χ0n) is 18.8. The summed E-state index contributed by atoms with van der Waals surface area (Å²) in [5.41, 5.74) is 1.25. The van der Waals surface area contributed by atoms with Crippen molar-refractivity contribution in [3.8, 4) is 5.75 Å². The van der Waals surface area contributed by atoms with Crippen molar-refractivity contribution in [2.75, 3.05) is 14.2 Å². The minimum atomic E-state index is -0.693. The van der Waals surface area contributed by atoms with Crippen molar-refractivity contribution in [2.24, 2.45) is 11.1 Å². The Balaban J connectivity index is 1.99. The molecule has 8 nitrogen and oxygen atoms in total. The zero-order valence-corrected chi connectivity index (χ0v) is 18.8. The van der Waals surface area contributed by atoms with E-state index < -0.39 is 12.1 Å². The van der Waals surface area contributed by atoms with Gasteiger partial charge in [0.05, 0.1) is 7.11 Å². The molecule has 33 heavy (non-hydrogen) atoms. The zero-order chi connectivity index (χ0) is 23.8. The molecule has 1 amide bonds. The summed E-state index contributed by atoms with van der Waals surface area (Å²) in [4.78, 5) is 41.8. The van der Waals surface area contributed by atoms with Gasteiger partial charge in [0, 0.05) is 26.0 Å². The maximum atomic E-state index is 13.2. The molecule has 0 saturated heterocycles. The Morgan fingerprint density at radius 2 is 2.00 bits per heavy atom. The van der Waals surface area contributed by atoms with Crippen molar-refractivity contribution < 1.29 is 24.3 Å². The van der Waals surface area contributed by atoms with Crippen molar-refractivity contribution in [1.82, 2.24) is 5.06 Å². The number of carbonyl (C=O) groups excluding carboxylic acids is 2. The number of phenolic OH excluding ortho intramolecular Hbond substituents is 1. The van der Waals surface area contributed by atoms with Gasteiger partial charge in [-0.05, 0) is 47.6 Å². The Bertz CT molecular complexity index is 1020. The Kier molecular flexibility index (Phi) is 8.32. The molecule has 1 heterocycles. The van der Waals surface area contributed by atoms with Gasteiger partial charge in [0.2, 0.25) is 5.91 Å². The molecule has 2 aromatic rings. The third-order valence-electron chi connectivity index (χ3n) is 5.77. The second-order valence-electron chi connectivity index (χ2n) is 8.03. The number of hydrogen-bond donors (Lipinski definition) is 1. The molecule has 0 aromatic heterocycles. The van der Waals surface area contributed by atoms with Crippen LogP contribution in [0.15, 0.2) is 59.8 Å². The summed E-state index contributed by atoms with van der Waals surface area (Å²) in [6.07, 6.45) is 5.78. The van der Waals surface area contributed by atoms with Crippen LogP contribution >= 0.6 is 0 Å². The molecule has 1 N–H and O–H groups in total. The lowest BCUT2D eigenvalue weighted by Crippen LogP contribution is -2.28. The van der Waals surface area contributed by atoms with Gasteiger partial charge in [0.25, 0.3) is 0 Å². The average Bonchev–Trinajstić information content (AvgIpc) is 2.81. The first-order chi connectivity index (χ1) is 15.9. The van der Waals surface area contributed by atoms with Crippen LogP contribution in [0.2, 0.25) is 0 Å². The van der Waals surface area contributed by atoms with Gasteiger partial charge >= 0.3 is 5.97 Å². The van der Waals surface area contributed by atoms with Crippen LogP contribution in [0.3, 0.4) is 0 Å². The highest BCUT2D eigenvalue weighted by atomic mass is 16.7. The Morgan fingerprint density at radius 3 is 2.70 bits per heavy atom. The summed E-state index contributed by atoms with van der Waals surface area (Å²) in [7, 11) is 2.95. The van der Waals surface area contributed by atoms with E-state index >= 15 is 0 Å². The summed E-state index contributed by atoms with van der Waals surface area (Å²) in [6, 6.07) is 12.0. The number of rotatable bonds is 5. The first kappa shape index (κ1) is 24.1. The summed E-state index contributed by atoms with van der Waals surface area (Å²) < 4.78 is 5.81. The standard InChI is InChI=1S/C25H28N2O6/c1-27(32-2)23(29)14-17-9-5-3-8-12-22(18-10-6-4-7-11-18)33-25(30)24-19(13-17)15-20(26-31)16-21(24)28/h3-4,6-8,10-11,15-17,22,28H,5,9,12-14H2,1-2H3/b8-3+. The number of hydroxylamine groups is 2. The molecule has 0 aliphatic carbocycles. The molecule has 2 unspecified atom stereocenters. The molecule has 0 radical (unpaired) electrons. The normalized spacial score (nSPS) is 19.9. The predicted octanol–water partition coefficient (Wildman–Crippen LogP) is 5.00. The van der Waals surface area contributed by atoms with Crippen molar-refractivity contribution >= 4 is 17.6 Å². The lowest BCUT2D eigenvalue weighted by molar-refractivity contribution is -0.169. The van der Waals surface area contributed by atoms with E-state index in [-0.39, 0.29) is 41.7 Å². The molecular formula is C25H28N2O6. The SMILES string of the molecule is CON(C)C(=O)CC1CC/C=C/CC(c2ccccc2)OC(=O)c2c(O)cc(N=O)cc2C1. The number of nitroso groups, excluding NO2 is 1. The second kappa shape index (κ2) is 11.4. The summed E-state index contributed by atoms with van der Waals surface area (Å²) in [6.45, 7) is 0. The lowest BCUT2D eigenvalue weighted by Gasteiger charge is -2.23. The van der Waals surface area contributed by atoms with Crippen LogP contribution in [0.25, 0.3) is 0 Å². The molecule has 2 atom stereocenters. The number of amides is 1. The summed E-state index contributed by atoms with van der Waals surface area (Å²) >= 11 is 0. The number of carbonyl (C=O) groups is 2. The summed E-state index contributed by atoms with van der Waals surface area (Å²) in [5, 5.41) is 14.7. The number of phenols is 1. The molecule has 0 saturated carbocycles. The van der Waals surface area contributed by atoms with Crippen LogP contribution in [0, 0.1) is 10.8 Å². The number of benzene rings is 2. The van der Waals surface area contributed by atoms with E-state index in [9.17, 15) is 19.6 Å². The number of nitrogens with zero attached hydrogens (tertiary/aromatic N) is 2. The minimum absolute atomic E-state index is 0.00438. The lowest BCUT2D eigenvalue weighted by atomic mass is 9.88. The van der Waals surface area contributed by atoms with E-state index in [0.29, 0.717) is 18.4 Å². The molecule has 3 rings (SSSR count). The molecule has 1 aliphatic heterocycles. The van der Waals surface area contributed by atoms with E-state index in [2.05, 4.69) is 5.18 Å². The van der Waals surface area contributed by atoms with Crippen LogP contribution < -0.4 is 0 Å². The number of ether oxygens (including phenoxy) is 1. The van der Waals surface area contributed by atoms with Crippen molar-refractivity contribution in [2.45, 2.75) is 38.2 Å². The molecule has 2 aromatic carbocycles. The fourth-order valence-electron chi connectivity index (χ4n) is 3.96. The Labute approximate surface area is 192 Å². The number of aromatic hydroxyl groups is 1. The van der Waals surface area contributed by atoms with Crippen LogP contribution in [-0.4, -0.2) is 36.2 Å². The van der Waals surface area contributed by atoms with Gasteiger partial charge < -0.3 is 9.84 Å². The van der Waals surface area contributed by atoms with E-state index in [0.717, 1.165) is 23.1 Å². The van der Waals surface area contributed by atoms with Gasteiger partial charge in [0.1, 0.15) is 23.1 Å². The first-order valence-corrected chi connectivity index (χ1v) is 10.8. The van der Waals surface area contributed by atoms with Gasteiger partial charge in [-0.1, -0.05) is 42.5 Å². The van der Waals surface area contributed by atoms with Crippen molar-refractivity contribution in [3.63, 3.8) is 0 Å². The van der Waals surface area contributed by atoms with Gasteiger partial charge in [-0.3, -0.25) is 9.63 Å². The van der Waals surface area contributed by atoms with Gasteiger partial charge in [-0.2, -0.15) is 0 Å². The summed E-state index contributed by atoms with van der Waals surface area (Å²) in [5.74, 6) is -1.43. The van der Waals surface area contributed by atoms with Crippen molar-refractivity contribution in [1.29, 1.82) is 0 Å². The molecule has 1 aliphatic rings. The maximum absolute atomic E-state index is 13.2. The molecule has 0 spiro atoms. The van der Waals surface area contributed by atoms with Crippen LogP contribution in [0.4, 0.5) is 5.69 Å². The highest BCUT2D eigenvalue weighted by Crippen LogP contribution is 2.34. The van der Waals surface area contributed by atoms with E-state index in [1.807, 2.05) is 42.5 Å². The van der Waals surface area contributed by atoms with Gasteiger partial charge in [-0.15, -0.1) is 4.91 Å². The van der Waals surface area contributed by atoms with Crippen LogP contribution in [0.1, 0.15) is 53.3 Å². The number of fused-ring (bicyclic) bond motifs is 1. The van der Waals surface area contributed by atoms with Crippen LogP contribution in [0.5, 0.6) is 5.75 Å². The fraction of sp³-hybridized carbons (Fsp3) is 0.360. The Morgan fingerprint density at radius 1 is 1.24 bits per heavy atom. The van der Waals surface area contributed by atoms with Gasteiger partial charge in [-0.25, -0.2) is 9.86 Å². The monoisotopic (exact) mass is 452 g/mol. The largest absolute Gasteiger partial charge is 0.507 e. The third kappa shape index (κ3) is 6.26. The maximum Gasteiger partial charge on any atom is 0.342 e. The smallest absolute Gasteiger partial charge is 0.342 e. The highest BCUT2D eigenvalue weighted by Gasteiger charge is 2.27. The fourth-order valence-corrected chi connectivity index (χ4v) is 3.96. The number of esters is 1. The number of allylic oxidation sites excluding steroid dienone is 1. The topological polar surface area (TPSA) is 106 Å². The molecule has 0 fully saturated rings. The second-order valence-corrected chi connectivity index (χ2v) is 8.03. The van der Waals surface area contributed by atoms with E-state index in [1.54, 1.807) is 0 Å². The van der Waals surface area contributed by atoms with E-state index in [4.69, 9.17) is 9.57 Å². The van der Waals surface area contributed by atoms with Crippen molar-refractivity contribution in [3.05, 3.63) is 76.2 Å². The number of hydrogen-bond acceptors (Lipinski definition) is 7. The third-order valence-corrected chi connectivity index (χ3v) is 5.77. The first-order valence-electron chi connectivity index (χ1n) is 10.8. The quantitative estimate of drug-likeness (QED) is 0.296. The van der Waals surface area contributed by atoms with E-state index in [1.165, 1.54) is 20.2 Å². The highest BCUT2D eigenvalue weighted by molar-refractivity contribution is 5.95. The number of cyclic esters (lactones) is 1. The molecule has 0 bridgehead atoms. The molecule has 8 heteroatoms.